The van der Waals surface area contributed by atoms with Crippen molar-refractivity contribution in [3.8, 4) is 11.8 Å². The first-order chi connectivity index (χ1) is 7.72. The smallest absolute Gasteiger partial charge is 0.223 e. The second kappa shape index (κ2) is 3.74. The minimum absolute atomic E-state index is 0.394. The molecular formula is C11H9BN2O2. The van der Waals surface area contributed by atoms with Gasteiger partial charge in [0, 0.05) is 17.0 Å². The molecule has 1 aromatic carbocycles. The number of carbonyl (C=O) groups is 1. The van der Waals surface area contributed by atoms with Crippen molar-refractivity contribution < 1.29 is 9.53 Å². The molecule has 0 saturated carbocycles. The Kier molecular flexibility index (Phi) is 2.41. The number of methoxy groups -OCH3 is 1. The van der Waals surface area contributed by atoms with Gasteiger partial charge in [0.25, 0.3) is 0 Å². The highest BCUT2D eigenvalue weighted by Crippen LogP contribution is 2.26. The average Bonchev–Trinajstić information content (AvgIpc) is 2.60. The van der Waals surface area contributed by atoms with Crippen molar-refractivity contribution in [3.05, 3.63) is 29.5 Å². The molecule has 2 aromatic rings. The van der Waals surface area contributed by atoms with E-state index in [0.717, 1.165) is 10.9 Å². The van der Waals surface area contributed by atoms with Crippen molar-refractivity contribution >= 4 is 25.2 Å². The highest BCUT2D eigenvalue weighted by molar-refractivity contribution is 6.16. The SMILES string of the molecule is Bn1c(C=O)c(C#N)c2ccc(OC)cc21. The molecule has 0 atom stereocenters. The second-order valence-corrected chi connectivity index (χ2v) is 3.43. The van der Waals surface area contributed by atoms with Gasteiger partial charge in [-0.1, -0.05) is 0 Å². The van der Waals surface area contributed by atoms with Crippen LogP contribution in [0, 0.1) is 11.3 Å². The van der Waals surface area contributed by atoms with Crippen molar-refractivity contribution in [3.63, 3.8) is 0 Å². The molecule has 0 aliphatic carbocycles. The summed E-state index contributed by atoms with van der Waals surface area (Å²) in [5, 5.41) is 9.81. The number of carbonyl (C=O) groups excluding carboxylic acids is 1. The molecule has 0 radical (unpaired) electrons. The van der Waals surface area contributed by atoms with Gasteiger partial charge in [-0.05, 0) is 12.1 Å². The molecule has 0 unspecified atom stereocenters. The van der Waals surface area contributed by atoms with E-state index in [1.54, 1.807) is 31.7 Å². The molecule has 1 heterocycles. The molecule has 0 N–H and O–H groups in total. The molecule has 5 heteroatoms. The lowest BCUT2D eigenvalue weighted by atomic mass is 10.1. The van der Waals surface area contributed by atoms with E-state index in [4.69, 9.17) is 10.00 Å². The Morgan fingerprint density at radius 3 is 2.88 bits per heavy atom. The number of rotatable bonds is 2. The second-order valence-electron chi connectivity index (χ2n) is 3.43. The first-order valence-electron chi connectivity index (χ1n) is 4.74. The molecule has 0 saturated heterocycles. The molecule has 0 aliphatic heterocycles. The lowest BCUT2D eigenvalue weighted by molar-refractivity contribution is 0.111. The van der Waals surface area contributed by atoms with E-state index < -0.39 is 0 Å². The number of hydrogen-bond donors (Lipinski definition) is 0. The average molecular weight is 212 g/mol. The summed E-state index contributed by atoms with van der Waals surface area (Å²) in [5.74, 6) is 0.704. The van der Waals surface area contributed by atoms with Crippen molar-refractivity contribution in [1.82, 2.24) is 4.48 Å². The minimum Gasteiger partial charge on any atom is -0.497 e. The van der Waals surface area contributed by atoms with Crippen LogP contribution in [0.4, 0.5) is 0 Å². The number of aldehydes is 1. The van der Waals surface area contributed by atoms with Gasteiger partial charge < -0.3 is 9.21 Å². The van der Waals surface area contributed by atoms with Crippen LogP contribution in [-0.4, -0.2) is 25.9 Å². The van der Waals surface area contributed by atoms with E-state index in [1.807, 2.05) is 6.07 Å². The summed E-state index contributed by atoms with van der Waals surface area (Å²) in [6, 6.07) is 7.43. The van der Waals surface area contributed by atoms with Gasteiger partial charge in [0.15, 0.2) is 6.29 Å². The van der Waals surface area contributed by atoms with Crippen LogP contribution in [0.5, 0.6) is 5.75 Å². The quantitative estimate of drug-likeness (QED) is 0.544. The minimum atomic E-state index is 0.394. The number of nitriles is 1. The summed E-state index contributed by atoms with van der Waals surface area (Å²) in [4.78, 5) is 10.9. The zero-order valence-corrected chi connectivity index (χ0v) is 9.02. The third kappa shape index (κ3) is 1.28. The molecule has 4 nitrogen and oxygen atoms in total. The molecule has 16 heavy (non-hydrogen) atoms. The summed E-state index contributed by atoms with van der Waals surface area (Å²) in [6.45, 7) is 0. The van der Waals surface area contributed by atoms with E-state index >= 15 is 0 Å². The first kappa shape index (κ1) is 10.3. The molecule has 0 aliphatic rings. The predicted octanol–water partition coefficient (Wildman–Crippen LogP) is 0.730. The Morgan fingerprint density at radius 2 is 2.31 bits per heavy atom. The van der Waals surface area contributed by atoms with Gasteiger partial charge in [-0.3, -0.25) is 4.79 Å². The maximum absolute atomic E-state index is 10.9. The number of aromatic nitrogens is 1. The first-order valence-corrected chi connectivity index (χ1v) is 4.74. The Labute approximate surface area is 93.5 Å². The molecule has 2 rings (SSSR count). The van der Waals surface area contributed by atoms with E-state index in [9.17, 15) is 4.79 Å². The fourth-order valence-corrected chi connectivity index (χ4v) is 1.82. The van der Waals surface area contributed by atoms with E-state index in [2.05, 4.69) is 6.07 Å². The van der Waals surface area contributed by atoms with Gasteiger partial charge >= 0.3 is 0 Å². The zero-order chi connectivity index (χ0) is 11.7. The molecule has 0 fully saturated rings. The summed E-state index contributed by atoms with van der Waals surface area (Å²) in [7, 11) is 3.34. The number of ether oxygens (including phenoxy) is 1. The predicted molar refractivity (Wildman–Crippen MR) is 62.5 cm³/mol. The van der Waals surface area contributed by atoms with Gasteiger partial charge in [-0.25, -0.2) is 0 Å². The van der Waals surface area contributed by atoms with Crippen LogP contribution in [0.25, 0.3) is 10.9 Å². The normalized spacial score (nSPS) is 10.0. The van der Waals surface area contributed by atoms with Crippen LogP contribution in [0.1, 0.15) is 16.1 Å². The van der Waals surface area contributed by atoms with Crippen LogP contribution >= 0.6 is 0 Å². The van der Waals surface area contributed by atoms with Crippen molar-refractivity contribution in [1.29, 1.82) is 5.26 Å². The molecular weight excluding hydrogens is 203 g/mol. The fraction of sp³-hybridized carbons (Fsp3) is 0.0909. The molecule has 0 spiro atoms. The largest absolute Gasteiger partial charge is 0.497 e. The van der Waals surface area contributed by atoms with Gasteiger partial charge in [0.2, 0.25) is 7.98 Å². The van der Waals surface area contributed by atoms with Gasteiger partial charge in [0.1, 0.15) is 11.8 Å². The standard InChI is InChI=1S/C11H9BN2O2/c1-16-7-2-3-8-9(5-13)11(6-15)14(12)10(8)4-7/h2-4,6H,12H2,1H3. The maximum atomic E-state index is 10.9. The summed E-state index contributed by atoms with van der Waals surface area (Å²) >= 11 is 0. The number of hydrogen-bond acceptors (Lipinski definition) is 3. The summed E-state index contributed by atoms with van der Waals surface area (Å²) in [6.07, 6.45) is 0.699. The topological polar surface area (TPSA) is 55.0 Å². The maximum Gasteiger partial charge on any atom is 0.223 e. The van der Waals surface area contributed by atoms with Crippen molar-refractivity contribution in [2.24, 2.45) is 0 Å². The summed E-state index contributed by atoms with van der Waals surface area (Å²) in [5.41, 5.74) is 1.62. The Hall–Kier alpha value is -2.22. The summed E-state index contributed by atoms with van der Waals surface area (Å²) < 4.78 is 6.81. The number of fused-ring (bicyclic) bond motifs is 1. The zero-order valence-electron chi connectivity index (χ0n) is 9.02. The van der Waals surface area contributed by atoms with Crippen LogP contribution in [0.15, 0.2) is 18.2 Å². The van der Waals surface area contributed by atoms with E-state index in [0.29, 0.717) is 23.3 Å². The highest BCUT2D eigenvalue weighted by atomic mass is 16.5. The van der Waals surface area contributed by atoms with Crippen molar-refractivity contribution in [2.45, 2.75) is 0 Å². The molecule has 0 amide bonds. The monoisotopic (exact) mass is 212 g/mol. The fourth-order valence-electron chi connectivity index (χ4n) is 1.82. The lowest BCUT2D eigenvalue weighted by Gasteiger charge is -2.01. The molecule has 78 valence electrons. The van der Waals surface area contributed by atoms with Gasteiger partial charge in [0.05, 0.1) is 18.4 Å². The van der Waals surface area contributed by atoms with E-state index in [1.165, 1.54) is 0 Å². The van der Waals surface area contributed by atoms with Crippen molar-refractivity contribution in [2.75, 3.05) is 7.11 Å². The van der Waals surface area contributed by atoms with Crippen LogP contribution in [0.2, 0.25) is 0 Å². The van der Waals surface area contributed by atoms with E-state index in [-0.39, 0.29) is 0 Å². The third-order valence-corrected chi connectivity index (χ3v) is 2.68. The van der Waals surface area contributed by atoms with Crippen LogP contribution < -0.4 is 4.74 Å². The molecule has 1 aromatic heterocycles. The van der Waals surface area contributed by atoms with Crippen LogP contribution in [0.3, 0.4) is 0 Å². The Morgan fingerprint density at radius 1 is 1.56 bits per heavy atom. The highest BCUT2D eigenvalue weighted by Gasteiger charge is 2.14. The number of benzene rings is 1. The lowest BCUT2D eigenvalue weighted by Crippen LogP contribution is -1.98. The number of nitrogens with zero attached hydrogens (tertiary/aromatic N) is 2. The van der Waals surface area contributed by atoms with Gasteiger partial charge in [-0.15, -0.1) is 0 Å². The molecule has 0 bridgehead atoms. The Bertz CT molecular complexity index is 610. The van der Waals surface area contributed by atoms with Crippen LogP contribution in [-0.2, 0) is 0 Å². The third-order valence-electron chi connectivity index (χ3n) is 2.68. The van der Waals surface area contributed by atoms with Gasteiger partial charge in [-0.2, -0.15) is 5.26 Å². The Balaban J connectivity index is 2.89.